The second-order valence-electron chi connectivity index (χ2n) is 6.11. The maximum atomic E-state index is 5.71. The summed E-state index contributed by atoms with van der Waals surface area (Å²) in [5, 5.41) is 6.57. The predicted molar refractivity (Wildman–Crippen MR) is 116 cm³/mol. The van der Waals surface area contributed by atoms with E-state index in [-0.39, 0.29) is 30.1 Å². The summed E-state index contributed by atoms with van der Waals surface area (Å²) in [6, 6.07) is 6.25. The molecule has 0 radical (unpaired) electrons. The van der Waals surface area contributed by atoms with E-state index in [0.29, 0.717) is 32.9 Å². The van der Waals surface area contributed by atoms with Crippen LogP contribution in [0.2, 0.25) is 0 Å². The lowest BCUT2D eigenvalue weighted by Gasteiger charge is -2.15. The molecule has 1 unspecified atom stereocenters. The van der Waals surface area contributed by atoms with Crippen LogP contribution in [-0.2, 0) is 16.0 Å². The van der Waals surface area contributed by atoms with Crippen LogP contribution in [0, 0.1) is 6.92 Å². The number of benzene rings is 1. The van der Waals surface area contributed by atoms with Crippen LogP contribution in [0.25, 0.3) is 0 Å². The normalized spacial score (nSPS) is 16.9. The minimum Gasteiger partial charge on any atom is -0.494 e. The van der Waals surface area contributed by atoms with E-state index in [1.165, 1.54) is 5.56 Å². The number of nitrogens with zero attached hydrogens (tertiary/aromatic N) is 1. The number of guanidine groups is 1. The standard InChI is InChI=1S/C19H31N3O3.HI/c1-4-24-18-12-15(2)7-8-16(18)13-22-19(20-3)21-9-11-23-14-17-6-5-10-25-17;/h7-8,12,17H,4-6,9-11,13-14H2,1-3H3,(H2,20,21,22);1H. The van der Waals surface area contributed by atoms with Crippen LogP contribution < -0.4 is 15.4 Å². The van der Waals surface area contributed by atoms with Crippen LogP contribution in [0.15, 0.2) is 23.2 Å². The summed E-state index contributed by atoms with van der Waals surface area (Å²) in [5.74, 6) is 1.68. The highest BCUT2D eigenvalue weighted by Crippen LogP contribution is 2.20. The molecule has 0 aromatic heterocycles. The van der Waals surface area contributed by atoms with Gasteiger partial charge in [0.1, 0.15) is 5.75 Å². The van der Waals surface area contributed by atoms with Gasteiger partial charge in [-0.2, -0.15) is 0 Å². The first-order chi connectivity index (χ1) is 12.2. The van der Waals surface area contributed by atoms with Gasteiger partial charge in [-0.3, -0.25) is 4.99 Å². The lowest BCUT2D eigenvalue weighted by atomic mass is 10.1. The van der Waals surface area contributed by atoms with Gasteiger partial charge in [0, 0.05) is 32.3 Å². The van der Waals surface area contributed by atoms with Crippen LogP contribution in [0.5, 0.6) is 5.75 Å². The summed E-state index contributed by atoms with van der Waals surface area (Å²) in [5.41, 5.74) is 2.31. The van der Waals surface area contributed by atoms with Gasteiger partial charge >= 0.3 is 0 Å². The third kappa shape index (κ3) is 8.09. The molecule has 1 aliphatic rings. The second-order valence-corrected chi connectivity index (χ2v) is 6.11. The third-order valence-electron chi connectivity index (χ3n) is 4.06. The number of rotatable bonds is 9. The smallest absolute Gasteiger partial charge is 0.191 e. The summed E-state index contributed by atoms with van der Waals surface area (Å²) in [6.07, 6.45) is 2.52. The van der Waals surface area contributed by atoms with Gasteiger partial charge in [0.25, 0.3) is 0 Å². The van der Waals surface area contributed by atoms with Crippen molar-refractivity contribution in [1.82, 2.24) is 10.6 Å². The van der Waals surface area contributed by atoms with Gasteiger partial charge in [0.15, 0.2) is 5.96 Å². The maximum absolute atomic E-state index is 5.71. The van der Waals surface area contributed by atoms with E-state index < -0.39 is 0 Å². The summed E-state index contributed by atoms with van der Waals surface area (Å²) in [4.78, 5) is 4.24. The average molecular weight is 477 g/mol. The zero-order valence-corrected chi connectivity index (χ0v) is 18.4. The molecule has 0 spiro atoms. The summed E-state index contributed by atoms with van der Waals surface area (Å²) in [6.45, 7) is 8.26. The molecule has 1 atom stereocenters. The molecule has 0 bridgehead atoms. The van der Waals surface area contributed by atoms with E-state index in [1.54, 1.807) is 7.05 Å². The van der Waals surface area contributed by atoms with Crippen LogP contribution >= 0.6 is 24.0 Å². The van der Waals surface area contributed by atoms with Gasteiger partial charge in [-0.1, -0.05) is 12.1 Å². The Morgan fingerprint density at radius 1 is 1.35 bits per heavy atom. The number of ether oxygens (including phenoxy) is 3. The number of nitrogens with one attached hydrogen (secondary N) is 2. The molecule has 0 saturated carbocycles. The average Bonchev–Trinajstić information content (AvgIpc) is 3.12. The second kappa shape index (κ2) is 13.2. The fraction of sp³-hybridized carbons (Fsp3) is 0.632. The molecule has 148 valence electrons. The first-order valence-corrected chi connectivity index (χ1v) is 9.09. The number of hydrogen-bond acceptors (Lipinski definition) is 4. The first kappa shape index (κ1) is 23.0. The van der Waals surface area contributed by atoms with Gasteiger partial charge < -0.3 is 24.8 Å². The van der Waals surface area contributed by atoms with Crippen molar-refractivity contribution >= 4 is 29.9 Å². The SMILES string of the molecule is CCOc1cc(C)ccc1CNC(=NC)NCCOCC1CCCO1.I. The van der Waals surface area contributed by atoms with E-state index in [0.717, 1.165) is 36.7 Å². The Labute approximate surface area is 174 Å². The molecule has 1 aliphatic heterocycles. The molecule has 2 rings (SSSR count). The quantitative estimate of drug-likeness (QED) is 0.248. The van der Waals surface area contributed by atoms with E-state index in [2.05, 4.69) is 40.7 Å². The molecule has 0 amide bonds. The van der Waals surface area contributed by atoms with Crippen molar-refractivity contribution in [3.8, 4) is 5.75 Å². The van der Waals surface area contributed by atoms with E-state index in [4.69, 9.17) is 14.2 Å². The van der Waals surface area contributed by atoms with Crippen molar-refractivity contribution in [2.45, 2.75) is 39.3 Å². The van der Waals surface area contributed by atoms with Crippen molar-refractivity contribution in [2.75, 3.05) is 40.0 Å². The lowest BCUT2D eigenvalue weighted by Crippen LogP contribution is -2.38. The predicted octanol–water partition coefficient (Wildman–Crippen LogP) is 2.87. The fourth-order valence-electron chi connectivity index (χ4n) is 2.73. The Morgan fingerprint density at radius 3 is 2.88 bits per heavy atom. The molecular formula is C19H32IN3O3. The van der Waals surface area contributed by atoms with Crippen LogP contribution in [0.1, 0.15) is 30.9 Å². The van der Waals surface area contributed by atoms with Crippen LogP contribution in [0.4, 0.5) is 0 Å². The Kier molecular flexibility index (Phi) is 11.6. The van der Waals surface area contributed by atoms with Gasteiger partial charge in [0.2, 0.25) is 0 Å². The van der Waals surface area contributed by atoms with Crippen molar-refractivity contribution in [3.63, 3.8) is 0 Å². The topological polar surface area (TPSA) is 64.1 Å². The number of halogens is 1. The van der Waals surface area contributed by atoms with Crippen molar-refractivity contribution < 1.29 is 14.2 Å². The third-order valence-corrected chi connectivity index (χ3v) is 4.06. The summed E-state index contributed by atoms with van der Waals surface area (Å²) in [7, 11) is 1.77. The zero-order valence-electron chi connectivity index (χ0n) is 16.0. The van der Waals surface area contributed by atoms with Gasteiger partial charge in [-0.05, 0) is 38.3 Å². The molecule has 1 aromatic rings. The van der Waals surface area contributed by atoms with Crippen molar-refractivity contribution in [2.24, 2.45) is 4.99 Å². The molecular weight excluding hydrogens is 445 g/mol. The van der Waals surface area contributed by atoms with Gasteiger partial charge in [0.05, 0.1) is 25.9 Å². The molecule has 1 fully saturated rings. The molecule has 1 saturated heterocycles. The minimum absolute atomic E-state index is 0. The Morgan fingerprint density at radius 2 is 2.19 bits per heavy atom. The molecule has 26 heavy (non-hydrogen) atoms. The highest BCUT2D eigenvalue weighted by Gasteiger charge is 2.15. The maximum Gasteiger partial charge on any atom is 0.191 e. The van der Waals surface area contributed by atoms with E-state index in [1.807, 2.05) is 6.92 Å². The van der Waals surface area contributed by atoms with Gasteiger partial charge in [-0.25, -0.2) is 0 Å². The van der Waals surface area contributed by atoms with Crippen LogP contribution in [0.3, 0.4) is 0 Å². The fourth-order valence-corrected chi connectivity index (χ4v) is 2.73. The Hall–Kier alpha value is -1.06. The van der Waals surface area contributed by atoms with Crippen molar-refractivity contribution in [1.29, 1.82) is 0 Å². The first-order valence-electron chi connectivity index (χ1n) is 9.09. The molecule has 0 aliphatic carbocycles. The lowest BCUT2D eigenvalue weighted by molar-refractivity contribution is 0.0191. The Balaban J connectivity index is 0.00000338. The molecule has 1 heterocycles. The monoisotopic (exact) mass is 477 g/mol. The highest BCUT2D eigenvalue weighted by atomic mass is 127. The number of hydrogen-bond donors (Lipinski definition) is 2. The number of aryl methyl sites for hydroxylation is 1. The summed E-state index contributed by atoms with van der Waals surface area (Å²) >= 11 is 0. The molecule has 6 nitrogen and oxygen atoms in total. The highest BCUT2D eigenvalue weighted by molar-refractivity contribution is 14.0. The Bertz CT molecular complexity index is 549. The molecule has 1 aromatic carbocycles. The van der Waals surface area contributed by atoms with Crippen LogP contribution in [-0.4, -0.2) is 52.1 Å². The van der Waals surface area contributed by atoms with Crippen molar-refractivity contribution in [3.05, 3.63) is 29.3 Å². The number of aliphatic imine (C=N–C) groups is 1. The van der Waals surface area contributed by atoms with E-state index >= 15 is 0 Å². The van der Waals surface area contributed by atoms with Gasteiger partial charge in [-0.15, -0.1) is 24.0 Å². The molecule has 2 N–H and O–H groups in total. The largest absolute Gasteiger partial charge is 0.494 e. The molecule has 7 heteroatoms. The van der Waals surface area contributed by atoms with E-state index in [9.17, 15) is 0 Å². The minimum atomic E-state index is 0. The zero-order chi connectivity index (χ0) is 17.9. The summed E-state index contributed by atoms with van der Waals surface area (Å²) < 4.78 is 16.9.